The van der Waals surface area contributed by atoms with Crippen LogP contribution in [-0.4, -0.2) is 18.7 Å². The molecule has 34 heavy (non-hydrogen) atoms. The molecule has 168 valence electrons. The lowest BCUT2D eigenvalue weighted by Crippen LogP contribution is -2.35. The maximum atomic E-state index is 14.0. The number of carbonyl (C=O) groups is 1. The highest BCUT2D eigenvalue weighted by atomic mass is 16.5. The van der Waals surface area contributed by atoms with Crippen LogP contribution in [0.1, 0.15) is 39.5 Å². The zero-order chi connectivity index (χ0) is 23.5. The Balaban J connectivity index is 1.66. The number of aryl methyl sites for hydroxylation is 1. The van der Waals surface area contributed by atoms with E-state index in [0.29, 0.717) is 12.0 Å². The van der Waals surface area contributed by atoms with Crippen LogP contribution in [0, 0.1) is 6.92 Å². The fourth-order valence-electron chi connectivity index (χ4n) is 4.39. The third-order valence-electron chi connectivity index (χ3n) is 6.22. The number of para-hydroxylation sites is 2. The molecule has 4 nitrogen and oxygen atoms in total. The third-order valence-corrected chi connectivity index (χ3v) is 6.22. The van der Waals surface area contributed by atoms with Crippen molar-refractivity contribution in [3.63, 3.8) is 0 Å². The molecule has 0 saturated carbocycles. The first-order chi connectivity index (χ1) is 16.6. The lowest BCUT2D eigenvalue weighted by atomic mass is 9.95. The number of methoxy groups -OCH3 is 1. The van der Waals surface area contributed by atoms with Gasteiger partial charge in [-0.2, -0.15) is 0 Å². The van der Waals surface area contributed by atoms with Crippen LogP contribution in [0.4, 0.5) is 11.4 Å². The number of anilines is 1. The predicted molar refractivity (Wildman–Crippen MR) is 137 cm³/mol. The van der Waals surface area contributed by atoms with E-state index < -0.39 is 0 Å². The van der Waals surface area contributed by atoms with E-state index in [9.17, 15) is 4.79 Å². The topological polar surface area (TPSA) is 41.9 Å². The number of carbonyl (C=O) groups excluding carboxylic acids is 1. The molecule has 4 aromatic carbocycles. The Morgan fingerprint density at radius 3 is 2.24 bits per heavy atom. The average Bonchev–Trinajstić information content (AvgIpc) is 3.06. The molecule has 0 N–H and O–H groups in total. The fourth-order valence-corrected chi connectivity index (χ4v) is 4.39. The van der Waals surface area contributed by atoms with Crippen molar-refractivity contribution in [1.82, 2.24) is 0 Å². The van der Waals surface area contributed by atoms with Gasteiger partial charge < -0.3 is 4.74 Å². The predicted octanol–water partition coefficient (Wildman–Crippen LogP) is 6.92. The summed E-state index contributed by atoms with van der Waals surface area (Å²) >= 11 is 0. The summed E-state index contributed by atoms with van der Waals surface area (Å²) < 4.78 is 5.29. The SMILES string of the molecule is COc1ccc(C(=O)N2c3ccccc3N=C(c3ccc(C)cc3)C[C@@H]2c2ccccc2)cc1. The molecule has 4 aromatic rings. The molecule has 1 aliphatic heterocycles. The van der Waals surface area contributed by atoms with Gasteiger partial charge in [-0.15, -0.1) is 0 Å². The number of ether oxygens (including phenoxy) is 1. The number of rotatable bonds is 4. The molecule has 5 rings (SSSR count). The summed E-state index contributed by atoms with van der Waals surface area (Å²) in [7, 11) is 1.62. The van der Waals surface area contributed by atoms with Crippen LogP contribution < -0.4 is 9.64 Å². The minimum absolute atomic E-state index is 0.0655. The van der Waals surface area contributed by atoms with E-state index in [-0.39, 0.29) is 11.9 Å². The first-order valence-corrected chi connectivity index (χ1v) is 11.4. The number of aliphatic imine (C=N–C) groups is 1. The number of fused-ring (bicyclic) bond motifs is 1. The van der Waals surface area contributed by atoms with Crippen molar-refractivity contribution < 1.29 is 9.53 Å². The minimum atomic E-state index is -0.209. The second kappa shape index (κ2) is 9.36. The molecule has 0 fully saturated rings. The standard InChI is InChI=1S/C30H26N2O2/c1-21-12-14-22(15-13-21)27-20-29(23-8-4-3-5-9-23)32(28-11-7-6-10-26(28)31-27)30(33)24-16-18-25(34-2)19-17-24/h3-19,29H,20H2,1-2H3/t29-/m1/s1. The van der Waals surface area contributed by atoms with Gasteiger partial charge in [-0.05, 0) is 54.4 Å². The molecule has 0 unspecified atom stereocenters. The maximum Gasteiger partial charge on any atom is 0.258 e. The summed E-state index contributed by atoms with van der Waals surface area (Å²) in [6.45, 7) is 2.08. The van der Waals surface area contributed by atoms with Gasteiger partial charge in [0.1, 0.15) is 5.75 Å². The van der Waals surface area contributed by atoms with E-state index in [1.54, 1.807) is 7.11 Å². The Hall–Kier alpha value is -4.18. The van der Waals surface area contributed by atoms with Gasteiger partial charge in [0.05, 0.1) is 30.2 Å². The maximum absolute atomic E-state index is 14.0. The molecule has 0 spiro atoms. The van der Waals surface area contributed by atoms with Gasteiger partial charge in [0.2, 0.25) is 0 Å². The highest BCUT2D eigenvalue weighted by Crippen LogP contribution is 2.41. The third kappa shape index (κ3) is 4.23. The molecule has 0 bridgehead atoms. The quantitative estimate of drug-likeness (QED) is 0.342. The summed E-state index contributed by atoms with van der Waals surface area (Å²) in [5, 5.41) is 0. The molecule has 4 heteroatoms. The van der Waals surface area contributed by atoms with Crippen LogP contribution in [0.25, 0.3) is 0 Å². The van der Waals surface area contributed by atoms with Crippen LogP contribution in [-0.2, 0) is 0 Å². The highest BCUT2D eigenvalue weighted by Gasteiger charge is 2.33. The van der Waals surface area contributed by atoms with Crippen LogP contribution in [0.3, 0.4) is 0 Å². The number of amides is 1. The van der Waals surface area contributed by atoms with Gasteiger partial charge in [0.15, 0.2) is 0 Å². The van der Waals surface area contributed by atoms with E-state index in [4.69, 9.17) is 9.73 Å². The Morgan fingerprint density at radius 2 is 1.53 bits per heavy atom. The second-order valence-corrected chi connectivity index (χ2v) is 8.45. The van der Waals surface area contributed by atoms with Crippen molar-refractivity contribution in [2.24, 2.45) is 4.99 Å². The summed E-state index contributed by atoms with van der Waals surface area (Å²) in [6.07, 6.45) is 0.601. The van der Waals surface area contributed by atoms with Crippen LogP contribution in [0.5, 0.6) is 5.75 Å². The number of hydrogen-bond donors (Lipinski definition) is 0. The first kappa shape index (κ1) is 21.7. The van der Waals surface area contributed by atoms with E-state index in [0.717, 1.165) is 34.0 Å². The fraction of sp³-hybridized carbons (Fsp3) is 0.133. The van der Waals surface area contributed by atoms with E-state index in [1.165, 1.54) is 5.56 Å². The van der Waals surface area contributed by atoms with E-state index >= 15 is 0 Å². The Labute approximate surface area is 200 Å². The van der Waals surface area contributed by atoms with Gasteiger partial charge in [-0.3, -0.25) is 14.7 Å². The average molecular weight is 447 g/mol. The van der Waals surface area contributed by atoms with E-state index in [2.05, 4.69) is 43.3 Å². The van der Waals surface area contributed by atoms with Crippen molar-refractivity contribution in [2.75, 3.05) is 12.0 Å². The van der Waals surface area contributed by atoms with Crippen LogP contribution >= 0.6 is 0 Å². The second-order valence-electron chi connectivity index (χ2n) is 8.45. The van der Waals surface area contributed by atoms with Crippen molar-refractivity contribution in [2.45, 2.75) is 19.4 Å². The lowest BCUT2D eigenvalue weighted by Gasteiger charge is -2.32. The van der Waals surface area contributed by atoms with Crippen molar-refractivity contribution in [3.05, 3.63) is 125 Å². The summed E-state index contributed by atoms with van der Waals surface area (Å²) in [5.74, 6) is 0.654. The van der Waals surface area contributed by atoms with Crippen LogP contribution in [0.15, 0.2) is 108 Å². The Bertz CT molecular complexity index is 1330. The summed E-state index contributed by atoms with van der Waals surface area (Å²) in [6, 6.07) is 33.6. The minimum Gasteiger partial charge on any atom is -0.497 e. The van der Waals surface area contributed by atoms with Crippen molar-refractivity contribution in [1.29, 1.82) is 0 Å². The van der Waals surface area contributed by atoms with Gasteiger partial charge in [0.25, 0.3) is 5.91 Å². The van der Waals surface area contributed by atoms with Crippen molar-refractivity contribution in [3.8, 4) is 5.75 Å². The highest BCUT2D eigenvalue weighted by molar-refractivity contribution is 6.11. The molecule has 0 radical (unpaired) electrons. The largest absolute Gasteiger partial charge is 0.497 e. The monoisotopic (exact) mass is 446 g/mol. The van der Waals surface area contributed by atoms with Gasteiger partial charge in [0, 0.05) is 12.0 Å². The molecule has 0 saturated heterocycles. The Kier molecular flexibility index (Phi) is 5.96. The normalized spacial score (nSPS) is 15.2. The molecule has 1 aliphatic rings. The lowest BCUT2D eigenvalue weighted by molar-refractivity contribution is 0.0977. The van der Waals surface area contributed by atoms with Gasteiger partial charge in [-0.1, -0.05) is 72.3 Å². The van der Waals surface area contributed by atoms with Gasteiger partial charge in [-0.25, -0.2) is 0 Å². The molecule has 1 amide bonds. The molecule has 1 heterocycles. The zero-order valence-electron chi connectivity index (χ0n) is 19.3. The molecule has 0 aliphatic carbocycles. The smallest absolute Gasteiger partial charge is 0.258 e. The number of hydrogen-bond acceptors (Lipinski definition) is 3. The Morgan fingerprint density at radius 1 is 0.853 bits per heavy atom. The molecular formula is C30H26N2O2. The summed E-state index contributed by atoms with van der Waals surface area (Å²) in [5.41, 5.74) is 6.51. The first-order valence-electron chi connectivity index (χ1n) is 11.4. The number of benzene rings is 4. The van der Waals surface area contributed by atoms with Gasteiger partial charge >= 0.3 is 0 Å². The molecule has 1 atom stereocenters. The zero-order valence-corrected chi connectivity index (χ0v) is 19.3. The molecular weight excluding hydrogens is 420 g/mol. The summed E-state index contributed by atoms with van der Waals surface area (Å²) in [4.78, 5) is 21.0. The van der Waals surface area contributed by atoms with Crippen LogP contribution in [0.2, 0.25) is 0 Å². The molecule has 0 aromatic heterocycles. The van der Waals surface area contributed by atoms with E-state index in [1.807, 2.05) is 71.6 Å². The number of nitrogens with zero attached hydrogens (tertiary/aromatic N) is 2. The van der Waals surface area contributed by atoms with Crippen molar-refractivity contribution >= 4 is 23.0 Å².